The maximum absolute atomic E-state index is 12.8. The second-order valence-corrected chi connectivity index (χ2v) is 11.6. The number of rotatable bonds is 15. The van der Waals surface area contributed by atoms with Crippen molar-refractivity contribution in [2.45, 2.75) is 111 Å². The molecule has 0 saturated carbocycles. The van der Waals surface area contributed by atoms with Crippen LogP contribution in [-0.4, -0.2) is 52.2 Å². The first-order valence-corrected chi connectivity index (χ1v) is 14.1. The monoisotopic (exact) mass is 494 g/mol. The van der Waals surface area contributed by atoms with E-state index in [1.165, 1.54) is 50.3 Å². The molecule has 2 rings (SSSR count). The fraction of sp³-hybridized carbons (Fsp3) is 0.815. The molecule has 0 bridgehead atoms. The topological polar surface area (TPSA) is 61.3 Å². The lowest BCUT2D eigenvalue weighted by molar-refractivity contribution is -0.954. The Bertz CT molecular complexity index is 771. The van der Waals surface area contributed by atoms with Crippen molar-refractivity contribution < 1.29 is 18.8 Å². The summed E-state index contributed by atoms with van der Waals surface area (Å²) in [7, 11) is 2.21. The largest absolute Gasteiger partial charge is 0.475 e. The minimum atomic E-state index is -0.218. The van der Waals surface area contributed by atoms with Gasteiger partial charge in [0.15, 0.2) is 0 Å². The molecule has 2 unspecified atom stereocenters. The van der Waals surface area contributed by atoms with Gasteiger partial charge < -0.3 is 9.47 Å². The Balaban J connectivity index is 2.04. The molecule has 1 aromatic rings. The number of esters is 1. The molecule has 0 radical (unpaired) electrons. The lowest BCUT2D eigenvalue weighted by Gasteiger charge is -2.47. The lowest BCUT2D eigenvalue weighted by Crippen LogP contribution is -2.61. The van der Waals surface area contributed by atoms with Gasteiger partial charge in [-0.2, -0.15) is 4.37 Å². The number of nitrogens with zero attached hydrogens (tertiary/aromatic N) is 3. The molecule has 0 N–H and O–H groups in total. The van der Waals surface area contributed by atoms with E-state index in [9.17, 15) is 4.79 Å². The van der Waals surface area contributed by atoms with Crippen molar-refractivity contribution in [1.82, 2.24) is 8.75 Å². The molecule has 0 amide bonds. The summed E-state index contributed by atoms with van der Waals surface area (Å²) in [5.74, 6) is 0.580. The van der Waals surface area contributed by atoms with Gasteiger partial charge in [0.25, 0.3) is 5.88 Å². The van der Waals surface area contributed by atoms with Gasteiger partial charge in [-0.1, -0.05) is 85.6 Å². The third kappa shape index (κ3) is 8.95. The Morgan fingerprint density at radius 3 is 2.41 bits per heavy atom. The van der Waals surface area contributed by atoms with Crippen molar-refractivity contribution >= 4 is 23.3 Å². The van der Waals surface area contributed by atoms with Crippen molar-refractivity contribution in [3.63, 3.8) is 0 Å². The van der Waals surface area contributed by atoms with Crippen LogP contribution in [0.3, 0.4) is 0 Å². The summed E-state index contributed by atoms with van der Waals surface area (Å²) in [5.41, 5.74) is 1.84. The first-order valence-electron chi connectivity index (χ1n) is 13.4. The molecular formula is C27H48N3O3S+. The van der Waals surface area contributed by atoms with Gasteiger partial charge in [0.1, 0.15) is 12.2 Å². The summed E-state index contributed by atoms with van der Waals surface area (Å²) in [6.07, 6.45) is 13.8. The summed E-state index contributed by atoms with van der Waals surface area (Å²) < 4.78 is 21.9. The van der Waals surface area contributed by atoms with Crippen LogP contribution in [0.1, 0.15) is 111 Å². The number of unbranched alkanes of at least 4 members (excludes halogenated alkanes) is 7. The van der Waals surface area contributed by atoms with Gasteiger partial charge in [0, 0.05) is 18.4 Å². The lowest BCUT2D eigenvalue weighted by atomic mass is 9.89. The molecule has 194 valence electrons. The van der Waals surface area contributed by atoms with Gasteiger partial charge in [0.05, 0.1) is 37.3 Å². The van der Waals surface area contributed by atoms with Crippen molar-refractivity contribution in [2.24, 2.45) is 5.41 Å². The van der Waals surface area contributed by atoms with Gasteiger partial charge in [0.2, 0.25) is 6.23 Å². The number of hydrogen-bond acceptors (Lipinski definition) is 6. The molecule has 7 heteroatoms. The third-order valence-corrected chi connectivity index (χ3v) is 7.11. The average molecular weight is 495 g/mol. The molecule has 0 saturated heterocycles. The second kappa shape index (κ2) is 14.2. The smallest absolute Gasteiger partial charge is 0.310 e. The van der Waals surface area contributed by atoms with Gasteiger partial charge in [-0.3, -0.25) is 9.28 Å². The zero-order valence-electron chi connectivity index (χ0n) is 22.5. The molecule has 2 atom stereocenters. The molecule has 0 aromatic carbocycles. The fourth-order valence-corrected chi connectivity index (χ4v) is 5.43. The molecule has 34 heavy (non-hydrogen) atoms. The van der Waals surface area contributed by atoms with Crippen LogP contribution in [0.4, 0.5) is 0 Å². The molecule has 0 fully saturated rings. The van der Waals surface area contributed by atoms with Crippen LogP contribution in [0.25, 0.3) is 5.57 Å². The first-order chi connectivity index (χ1) is 16.2. The predicted molar refractivity (Wildman–Crippen MR) is 141 cm³/mol. The average Bonchev–Trinajstić information content (AvgIpc) is 3.25. The quantitative estimate of drug-likeness (QED) is 0.149. The third-order valence-electron chi connectivity index (χ3n) is 6.60. The first kappa shape index (κ1) is 28.8. The molecule has 1 aliphatic rings. The second-order valence-electron chi connectivity index (χ2n) is 11.1. The van der Waals surface area contributed by atoms with Gasteiger partial charge >= 0.3 is 5.97 Å². The number of hydrogen-bond donors (Lipinski definition) is 0. The van der Waals surface area contributed by atoms with Crippen LogP contribution >= 0.6 is 11.7 Å². The van der Waals surface area contributed by atoms with Crippen LogP contribution in [-0.2, 0) is 9.53 Å². The van der Waals surface area contributed by atoms with E-state index in [4.69, 9.17) is 9.47 Å². The number of carbonyl (C=O) groups excluding carboxylic acids is 1. The summed E-state index contributed by atoms with van der Waals surface area (Å²) in [6, 6.07) is 0. The van der Waals surface area contributed by atoms with E-state index in [1.54, 1.807) is 0 Å². The maximum Gasteiger partial charge on any atom is 0.310 e. The van der Waals surface area contributed by atoms with Gasteiger partial charge in [-0.05, 0) is 12.8 Å². The Morgan fingerprint density at radius 1 is 1.06 bits per heavy atom. The summed E-state index contributed by atoms with van der Waals surface area (Å²) in [6.45, 7) is 13.3. The normalized spacial score (nSPS) is 19.5. The maximum atomic E-state index is 12.8. The van der Waals surface area contributed by atoms with Gasteiger partial charge in [-0.15, -0.1) is 4.37 Å². The van der Waals surface area contributed by atoms with Crippen LogP contribution in [0, 0.1) is 5.41 Å². The molecule has 0 aliphatic carbocycles. The molecule has 6 nitrogen and oxygen atoms in total. The number of likely N-dealkylation sites (N-methyl/N-ethyl adjacent to an activating group) is 1. The summed E-state index contributed by atoms with van der Waals surface area (Å²) in [5, 5.41) is 0. The van der Waals surface area contributed by atoms with Crippen molar-refractivity contribution in [2.75, 3.05) is 26.7 Å². The number of carbonyl (C=O) groups is 1. The van der Waals surface area contributed by atoms with Crippen LogP contribution in [0.15, 0.2) is 6.08 Å². The van der Waals surface area contributed by atoms with Crippen LogP contribution < -0.4 is 4.74 Å². The predicted octanol–water partition coefficient (Wildman–Crippen LogP) is 7.01. The highest BCUT2D eigenvalue weighted by molar-refractivity contribution is 6.99. The van der Waals surface area contributed by atoms with E-state index >= 15 is 0 Å². The highest BCUT2D eigenvalue weighted by atomic mass is 32.1. The highest BCUT2D eigenvalue weighted by Crippen LogP contribution is 2.37. The number of aromatic nitrogens is 2. The molecular weight excluding hydrogens is 446 g/mol. The minimum Gasteiger partial charge on any atom is -0.475 e. The molecule has 2 heterocycles. The number of quaternary nitrogens is 1. The Hall–Kier alpha value is -1.47. The van der Waals surface area contributed by atoms with Crippen LogP contribution in [0.5, 0.6) is 5.88 Å². The van der Waals surface area contributed by atoms with E-state index in [-0.39, 0.29) is 17.6 Å². The Kier molecular flexibility index (Phi) is 12.0. The van der Waals surface area contributed by atoms with E-state index in [0.29, 0.717) is 23.4 Å². The van der Waals surface area contributed by atoms with E-state index in [1.807, 2.05) is 0 Å². The zero-order chi connectivity index (χ0) is 25.0. The van der Waals surface area contributed by atoms with Crippen LogP contribution in [0.2, 0.25) is 0 Å². The SMILES string of the molecule is CCCCCCCC(=O)OC(C(C)(C)C)[N+]1(C)CCC=C(c2nsnc2OCCCCCC)C1. The highest BCUT2D eigenvalue weighted by Gasteiger charge is 2.46. The standard InChI is InChI=1S/C27H48N3O3S/c1-7-9-11-13-14-18-23(31)33-26(27(3,4)5)30(6)19-16-17-22(21-30)24-25(29-34-28-24)32-20-15-12-10-8-2/h17,26H,7-16,18-21H2,1-6H3/q+1. The minimum absolute atomic E-state index is 0.0710. The Morgan fingerprint density at radius 2 is 1.74 bits per heavy atom. The van der Waals surface area contributed by atoms with Gasteiger partial charge in [-0.25, -0.2) is 0 Å². The van der Waals surface area contributed by atoms with E-state index in [0.717, 1.165) is 50.0 Å². The fourth-order valence-electron chi connectivity index (χ4n) is 4.90. The summed E-state index contributed by atoms with van der Waals surface area (Å²) >= 11 is 1.21. The van der Waals surface area contributed by atoms with Crippen molar-refractivity contribution in [3.05, 3.63) is 11.8 Å². The van der Waals surface area contributed by atoms with E-state index < -0.39 is 0 Å². The Labute approximate surface area is 212 Å². The zero-order valence-corrected chi connectivity index (χ0v) is 23.3. The van der Waals surface area contributed by atoms with Crippen molar-refractivity contribution in [1.29, 1.82) is 0 Å². The summed E-state index contributed by atoms with van der Waals surface area (Å²) in [4.78, 5) is 12.8. The molecule has 0 spiro atoms. The van der Waals surface area contributed by atoms with Crippen molar-refractivity contribution in [3.8, 4) is 5.88 Å². The molecule has 1 aliphatic heterocycles. The molecule has 1 aromatic heterocycles. The van der Waals surface area contributed by atoms with E-state index in [2.05, 4.69) is 56.5 Å². The number of ether oxygens (including phenoxy) is 2.